The van der Waals surface area contributed by atoms with Gasteiger partial charge in [-0.1, -0.05) is 28.1 Å². The fraction of sp³-hybridized carbons (Fsp3) is 0. The Balaban J connectivity index is 2.58. The van der Waals surface area contributed by atoms with Crippen LogP contribution in [0.4, 0.5) is 5.69 Å². The highest BCUT2D eigenvalue weighted by Crippen LogP contribution is 2.36. The van der Waals surface area contributed by atoms with E-state index in [1.54, 1.807) is 0 Å². The molecule has 1 heterocycles. The van der Waals surface area contributed by atoms with E-state index in [9.17, 15) is 4.79 Å². The number of carbonyl (C=O) groups excluding carboxylic acids is 1. The molecule has 0 aromatic heterocycles. The van der Waals surface area contributed by atoms with E-state index in [1.165, 1.54) is 0 Å². The summed E-state index contributed by atoms with van der Waals surface area (Å²) in [5.74, 6) is -0.0105. The lowest BCUT2D eigenvalue weighted by Crippen LogP contribution is -2.03. The van der Waals surface area contributed by atoms with E-state index in [0.717, 1.165) is 26.5 Å². The molecule has 0 spiro atoms. The largest absolute Gasteiger partial charge is 0.321 e. The molecule has 0 atom stereocenters. The zero-order chi connectivity index (χ0) is 9.71. The maximum absolute atomic E-state index is 11.5. The average molecular weight is 248 g/mol. The number of hydrogen-bond donors (Lipinski definition) is 1. The van der Waals surface area contributed by atoms with Crippen LogP contribution >= 0.6 is 15.9 Å². The smallest absolute Gasteiger partial charge is 0.256 e. The van der Waals surface area contributed by atoms with Crippen molar-refractivity contribution in [2.45, 2.75) is 0 Å². The van der Waals surface area contributed by atoms with Crippen LogP contribution in [-0.4, -0.2) is 5.91 Å². The van der Waals surface area contributed by atoms with Gasteiger partial charge in [-0.15, -0.1) is 0 Å². The van der Waals surface area contributed by atoms with Crippen molar-refractivity contribution in [3.8, 4) is 0 Å². The van der Waals surface area contributed by atoms with Gasteiger partial charge in [0.25, 0.3) is 5.91 Å². The summed E-state index contributed by atoms with van der Waals surface area (Å²) in [7, 11) is 0. The molecule has 0 aliphatic carbocycles. The van der Waals surface area contributed by atoms with Crippen molar-refractivity contribution in [1.29, 1.82) is 0 Å². The Morgan fingerprint density at radius 1 is 1.14 bits per heavy atom. The second kappa shape index (κ2) is 2.58. The van der Waals surface area contributed by atoms with Crippen LogP contribution in [0.2, 0.25) is 0 Å². The monoisotopic (exact) mass is 247 g/mol. The Labute approximate surface area is 89.1 Å². The van der Waals surface area contributed by atoms with E-state index >= 15 is 0 Å². The summed E-state index contributed by atoms with van der Waals surface area (Å²) >= 11 is 3.47. The Bertz CT molecular complexity index is 562. The molecule has 3 heteroatoms. The zero-order valence-electron chi connectivity index (χ0n) is 7.17. The molecule has 0 unspecified atom stereocenters. The van der Waals surface area contributed by atoms with Gasteiger partial charge in [-0.25, -0.2) is 0 Å². The maximum atomic E-state index is 11.5. The second-order valence-corrected chi connectivity index (χ2v) is 4.13. The van der Waals surface area contributed by atoms with Gasteiger partial charge in [0.05, 0.1) is 0 Å². The summed E-state index contributed by atoms with van der Waals surface area (Å²) in [4.78, 5) is 11.5. The molecular formula is C11H6BrNO. The molecule has 0 radical (unpaired) electrons. The van der Waals surface area contributed by atoms with E-state index in [2.05, 4.69) is 21.2 Å². The van der Waals surface area contributed by atoms with Gasteiger partial charge in [0.1, 0.15) is 0 Å². The number of hydrogen-bond acceptors (Lipinski definition) is 1. The van der Waals surface area contributed by atoms with Crippen molar-refractivity contribution in [3.05, 3.63) is 40.4 Å². The van der Waals surface area contributed by atoms with Gasteiger partial charge in [0.2, 0.25) is 0 Å². The normalized spacial score (nSPS) is 13.4. The Morgan fingerprint density at radius 2 is 2.00 bits per heavy atom. The molecule has 0 saturated carbocycles. The van der Waals surface area contributed by atoms with Crippen LogP contribution < -0.4 is 5.32 Å². The van der Waals surface area contributed by atoms with E-state index in [4.69, 9.17) is 0 Å². The average Bonchev–Trinajstić information content (AvgIpc) is 2.52. The van der Waals surface area contributed by atoms with E-state index in [-0.39, 0.29) is 5.91 Å². The molecule has 0 bridgehead atoms. The number of amides is 1. The van der Waals surface area contributed by atoms with Crippen LogP contribution in [-0.2, 0) is 0 Å². The van der Waals surface area contributed by atoms with E-state index < -0.39 is 0 Å². The predicted molar refractivity (Wildman–Crippen MR) is 59.6 cm³/mol. The van der Waals surface area contributed by atoms with Crippen molar-refractivity contribution in [2.24, 2.45) is 0 Å². The van der Waals surface area contributed by atoms with Crippen LogP contribution in [0.5, 0.6) is 0 Å². The van der Waals surface area contributed by atoms with Gasteiger partial charge in [-0.05, 0) is 23.6 Å². The van der Waals surface area contributed by atoms with E-state index in [0.29, 0.717) is 0 Å². The number of benzene rings is 2. The summed E-state index contributed by atoms with van der Waals surface area (Å²) in [6, 6.07) is 9.62. The molecule has 68 valence electrons. The summed E-state index contributed by atoms with van der Waals surface area (Å²) in [5.41, 5.74) is 1.67. The van der Waals surface area contributed by atoms with Crippen molar-refractivity contribution < 1.29 is 4.79 Å². The first-order valence-corrected chi connectivity index (χ1v) is 5.09. The lowest BCUT2D eigenvalue weighted by molar-refractivity contribution is 0.103. The number of rotatable bonds is 0. The topological polar surface area (TPSA) is 29.1 Å². The third-order valence-electron chi connectivity index (χ3n) is 2.48. The third-order valence-corrected chi connectivity index (χ3v) is 3.17. The van der Waals surface area contributed by atoms with Crippen molar-refractivity contribution in [3.63, 3.8) is 0 Å². The molecule has 2 nitrogen and oxygen atoms in total. The summed E-state index contributed by atoms with van der Waals surface area (Å²) < 4.78 is 1.02. The Hall–Kier alpha value is -1.35. The molecule has 3 rings (SSSR count). The molecule has 1 aliphatic heterocycles. The number of anilines is 1. The summed E-state index contributed by atoms with van der Waals surface area (Å²) in [6.45, 7) is 0. The maximum Gasteiger partial charge on any atom is 0.256 e. The van der Waals surface area contributed by atoms with Crippen LogP contribution in [0.15, 0.2) is 34.8 Å². The van der Waals surface area contributed by atoms with Crippen LogP contribution in [0.3, 0.4) is 0 Å². The molecule has 0 fully saturated rings. The van der Waals surface area contributed by atoms with Crippen LogP contribution in [0.1, 0.15) is 10.4 Å². The predicted octanol–water partition coefficient (Wildman–Crippen LogP) is 3.17. The second-order valence-electron chi connectivity index (χ2n) is 3.28. The van der Waals surface area contributed by atoms with Crippen LogP contribution in [0, 0.1) is 0 Å². The highest BCUT2D eigenvalue weighted by molar-refractivity contribution is 9.10. The minimum Gasteiger partial charge on any atom is -0.321 e. The van der Waals surface area contributed by atoms with Gasteiger partial charge in [0.15, 0.2) is 0 Å². The van der Waals surface area contributed by atoms with Gasteiger partial charge < -0.3 is 5.32 Å². The first-order chi connectivity index (χ1) is 6.77. The number of carbonyl (C=O) groups is 1. The molecular weight excluding hydrogens is 242 g/mol. The van der Waals surface area contributed by atoms with Gasteiger partial charge in [-0.2, -0.15) is 0 Å². The minimum absolute atomic E-state index is 0.0105. The highest BCUT2D eigenvalue weighted by atomic mass is 79.9. The highest BCUT2D eigenvalue weighted by Gasteiger charge is 2.21. The Kier molecular flexibility index (Phi) is 1.47. The van der Waals surface area contributed by atoms with Gasteiger partial charge in [-0.3, -0.25) is 4.79 Å². The first-order valence-electron chi connectivity index (χ1n) is 4.30. The van der Waals surface area contributed by atoms with Gasteiger partial charge in [0, 0.05) is 21.1 Å². The summed E-state index contributed by atoms with van der Waals surface area (Å²) in [6.07, 6.45) is 0. The quantitative estimate of drug-likeness (QED) is 0.762. The first kappa shape index (κ1) is 8.00. The SMILES string of the molecule is O=C1Nc2ccc(Br)c3cccc1c23. The molecule has 0 saturated heterocycles. The fourth-order valence-electron chi connectivity index (χ4n) is 1.85. The van der Waals surface area contributed by atoms with E-state index in [1.807, 2.05) is 30.3 Å². The molecule has 1 aliphatic rings. The lowest BCUT2D eigenvalue weighted by Gasteiger charge is -2.01. The molecule has 14 heavy (non-hydrogen) atoms. The number of nitrogens with one attached hydrogen (secondary N) is 1. The fourth-order valence-corrected chi connectivity index (χ4v) is 2.32. The molecule has 1 N–H and O–H groups in total. The number of halogens is 1. The lowest BCUT2D eigenvalue weighted by atomic mass is 10.1. The third kappa shape index (κ3) is 0.876. The van der Waals surface area contributed by atoms with Crippen LogP contribution in [0.25, 0.3) is 10.8 Å². The molecule has 1 amide bonds. The molecule has 2 aromatic carbocycles. The minimum atomic E-state index is -0.0105. The molecule has 2 aromatic rings. The van der Waals surface area contributed by atoms with Crippen molar-refractivity contribution in [1.82, 2.24) is 0 Å². The Morgan fingerprint density at radius 3 is 2.86 bits per heavy atom. The van der Waals surface area contributed by atoms with Crippen molar-refractivity contribution in [2.75, 3.05) is 5.32 Å². The zero-order valence-corrected chi connectivity index (χ0v) is 8.76. The van der Waals surface area contributed by atoms with Gasteiger partial charge >= 0.3 is 0 Å². The standard InChI is InChI=1S/C11H6BrNO/c12-8-4-5-9-10-6(8)2-1-3-7(10)11(14)13-9/h1-5H,(H,13,14). The summed E-state index contributed by atoms with van der Waals surface area (Å²) in [5, 5.41) is 4.94. The van der Waals surface area contributed by atoms with Crippen molar-refractivity contribution >= 4 is 38.3 Å².